The van der Waals surface area contributed by atoms with Gasteiger partial charge < -0.3 is 9.64 Å². The smallest absolute Gasteiger partial charge is 0.332 e. The van der Waals surface area contributed by atoms with E-state index in [1.54, 1.807) is 31.2 Å². The van der Waals surface area contributed by atoms with E-state index in [0.29, 0.717) is 35.8 Å². The molecule has 3 heterocycles. The average Bonchev–Trinajstić information content (AvgIpc) is 2.85. The zero-order chi connectivity index (χ0) is 24.4. The fraction of sp³-hybridized carbons (Fsp3) is 0.391. The van der Waals surface area contributed by atoms with Gasteiger partial charge in [-0.1, -0.05) is 11.6 Å². The van der Waals surface area contributed by atoms with Crippen LogP contribution in [0.5, 0.6) is 0 Å². The Morgan fingerprint density at radius 2 is 1.94 bits per heavy atom. The van der Waals surface area contributed by atoms with Crippen molar-refractivity contribution in [2.75, 3.05) is 19.7 Å². The van der Waals surface area contributed by atoms with Gasteiger partial charge in [-0.15, -0.1) is 0 Å². The number of carbonyl (C=O) groups excluding carboxylic acids is 2. The van der Waals surface area contributed by atoms with Crippen molar-refractivity contribution in [3.8, 4) is 11.4 Å². The first kappa shape index (κ1) is 23.6. The zero-order valence-electron chi connectivity index (χ0n) is 18.9. The van der Waals surface area contributed by atoms with Crippen LogP contribution in [0.2, 0.25) is 5.02 Å². The molecule has 2 aromatic heterocycles. The number of aromatic nitrogens is 4. The lowest BCUT2D eigenvalue weighted by molar-refractivity contribution is -0.151. The summed E-state index contributed by atoms with van der Waals surface area (Å²) in [5.41, 5.74) is -0.461. The molecule has 1 amide bonds. The lowest BCUT2D eigenvalue weighted by atomic mass is 9.98. The molecule has 4 rings (SSSR count). The third-order valence-corrected chi connectivity index (χ3v) is 6.12. The molecule has 0 aliphatic carbocycles. The molecule has 1 saturated heterocycles. The van der Waals surface area contributed by atoms with Crippen molar-refractivity contribution >= 4 is 34.5 Å². The highest BCUT2D eigenvalue weighted by atomic mass is 35.5. The predicted octanol–water partition coefficient (Wildman–Crippen LogP) is 1.61. The van der Waals surface area contributed by atoms with Crippen LogP contribution in [-0.2, 0) is 27.9 Å². The van der Waals surface area contributed by atoms with Gasteiger partial charge in [-0.2, -0.15) is 0 Å². The molecule has 0 bridgehead atoms. The summed E-state index contributed by atoms with van der Waals surface area (Å²) in [6.07, 6.45) is 2.63. The Balaban J connectivity index is 1.63. The fourth-order valence-corrected chi connectivity index (χ4v) is 4.18. The maximum atomic E-state index is 13.1. The minimum Gasteiger partial charge on any atom is -0.466 e. The van der Waals surface area contributed by atoms with Gasteiger partial charge in [0.25, 0.3) is 5.56 Å². The van der Waals surface area contributed by atoms with Crippen LogP contribution in [0.25, 0.3) is 22.4 Å². The molecule has 1 aliphatic rings. The lowest BCUT2D eigenvalue weighted by Crippen LogP contribution is -2.48. The largest absolute Gasteiger partial charge is 0.466 e. The number of halogens is 1. The molecular weight excluding hydrogens is 462 g/mol. The fourth-order valence-electron chi connectivity index (χ4n) is 4.05. The number of nitrogens with zero attached hydrogens (tertiary/aromatic N) is 5. The molecule has 1 aromatic carbocycles. The molecule has 3 aromatic rings. The minimum atomic E-state index is -0.662. The normalized spacial score (nSPS) is 16.0. The van der Waals surface area contributed by atoms with Gasteiger partial charge in [0, 0.05) is 36.9 Å². The molecule has 1 aliphatic heterocycles. The van der Waals surface area contributed by atoms with Crippen LogP contribution in [0.15, 0.2) is 40.1 Å². The standard InChI is InChI=1S/C23H24ClN5O5/c1-3-34-22(32)15-5-4-10-28(12-15)18(30)13-29-21(31)17-11-25-19(14-6-8-16(24)9-7-14)26-20(17)27(2)23(29)33/h6-9,11,15H,3-5,10,12-13H2,1-2H3. The van der Waals surface area contributed by atoms with Crippen molar-refractivity contribution < 1.29 is 14.3 Å². The Morgan fingerprint density at radius 3 is 2.65 bits per heavy atom. The van der Waals surface area contributed by atoms with Gasteiger partial charge in [0.05, 0.1) is 12.5 Å². The number of amides is 1. The van der Waals surface area contributed by atoms with Crippen molar-refractivity contribution in [3.05, 3.63) is 56.3 Å². The van der Waals surface area contributed by atoms with Gasteiger partial charge in [0.15, 0.2) is 11.5 Å². The van der Waals surface area contributed by atoms with Crippen molar-refractivity contribution in [3.63, 3.8) is 0 Å². The van der Waals surface area contributed by atoms with E-state index in [1.165, 1.54) is 22.7 Å². The number of aryl methyl sites for hydroxylation is 1. The molecule has 1 unspecified atom stereocenters. The Morgan fingerprint density at radius 1 is 1.21 bits per heavy atom. The first-order valence-corrected chi connectivity index (χ1v) is 11.3. The molecule has 10 nitrogen and oxygen atoms in total. The number of ether oxygens (including phenoxy) is 1. The summed E-state index contributed by atoms with van der Waals surface area (Å²) in [6.45, 7) is 2.22. The summed E-state index contributed by atoms with van der Waals surface area (Å²) >= 11 is 5.93. The molecule has 11 heteroatoms. The topological polar surface area (TPSA) is 116 Å². The minimum absolute atomic E-state index is 0.121. The first-order valence-electron chi connectivity index (χ1n) is 11.0. The van der Waals surface area contributed by atoms with Crippen LogP contribution in [0, 0.1) is 5.92 Å². The second-order valence-corrected chi connectivity index (χ2v) is 8.54. The Bertz CT molecular complexity index is 1370. The van der Waals surface area contributed by atoms with Gasteiger partial charge >= 0.3 is 11.7 Å². The van der Waals surface area contributed by atoms with Gasteiger partial charge in [-0.25, -0.2) is 14.8 Å². The zero-order valence-corrected chi connectivity index (χ0v) is 19.6. The van der Waals surface area contributed by atoms with E-state index in [-0.39, 0.29) is 30.2 Å². The molecule has 178 valence electrons. The Hall–Kier alpha value is -3.53. The monoisotopic (exact) mass is 485 g/mol. The van der Waals surface area contributed by atoms with E-state index in [1.807, 2.05) is 0 Å². The number of rotatable bonds is 5. The van der Waals surface area contributed by atoms with Crippen LogP contribution < -0.4 is 11.2 Å². The first-order chi connectivity index (χ1) is 16.3. The molecule has 1 fully saturated rings. The van der Waals surface area contributed by atoms with Crippen LogP contribution >= 0.6 is 11.6 Å². The van der Waals surface area contributed by atoms with Crippen LogP contribution in [0.1, 0.15) is 19.8 Å². The van der Waals surface area contributed by atoms with E-state index in [0.717, 1.165) is 4.57 Å². The summed E-state index contributed by atoms with van der Waals surface area (Å²) in [7, 11) is 1.49. The van der Waals surface area contributed by atoms with Crippen molar-refractivity contribution in [1.82, 2.24) is 24.0 Å². The molecular formula is C23H24ClN5O5. The van der Waals surface area contributed by atoms with Gasteiger partial charge in [0.2, 0.25) is 5.91 Å². The van der Waals surface area contributed by atoms with Crippen molar-refractivity contribution in [2.24, 2.45) is 13.0 Å². The number of hydrogen-bond acceptors (Lipinski definition) is 7. The van der Waals surface area contributed by atoms with E-state index in [2.05, 4.69) is 9.97 Å². The predicted molar refractivity (Wildman–Crippen MR) is 125 cm³/mol. The van der Waals surface area contributed by atoms with Gasteiger partial charge in [-0.3, -0.25) is 23.5 Å². The number of hydrogen-bond donors (Lipinski definition) is 0. The third kappa shape index (κ3) is 4.58. The van der Waals surface area contributed by atoms with Crippen LogP contribution in [-0.4, -0.2) is 55.6 Å². The highest BCUT2D eigenvalue weighted by molar-refractivity contribution is 6.30. The number of likely N-dealkylation sites (tertiary alicyclic amines) is 1. The Labute approximate surface area is 199 Å². The van der Waals surface area contributed by atoms with Crippen LogP contribution in [0.3, 0.4) is 0 Å². The summed E-state index contributed by atoms with van der Waals surface area (Å²) in [5.74, 6) is -0.821. The van der Waals surface area contributed by atoms with Crippen molar-refractivity contribution in [2.45, 2.75) is 26.3 Å². The summed E-state index contributed by atoms with van der Waals surface area (Å²) in [4.78, 5) is 61.2. The second-order valence-electron chi connectivity index (χ2n) is 8.10. The van der Waals surface area contributed by atoms with Gasteiger partial charge in [-0.05, 0) is 44.0 Å². The highest BCUT2D eigenvalue weighted by Crippen LogP contribution is 2.20. The molecule has 0 N–H and O–H groups in total. The van der Waals surface area contributed by atoms with E-state index < -0.39 is 29.6 Å². The van der Waals surface area contributed by atoms with E-state index in [4.69, 9.17) is 16.3 Å². The number of esters is 1. The molecule has 1 atom stereocenters. The van der Waals surface area contributed by atoms with Gasteiger partial charge in [0.1, 0.15) is 11.9 Å². The summed E-state index contributed by atoms with van der Waals surface area (Å²) in [5, 5.41) is 0.683. The third-order valence-electron chi connectivity index (χ3n) is 5.87. The van der Waals surface area contributed by atoms with Crippen molar-refractivity contribution in [1.29, 1.82) is 0 Å². The summed E-state index contributed by atoms with van der Waals surface area (Å²) < 4.78 is 7.18. The molecule has 0 spiro atoms. The highest BCUT2D eigenvalue weighted by Gasteiger charge is 2.30. The number of fused-ring (bicyclic) bond motifs is 1. The lowest BCUT2D eigenvalue weighted by Gasteiger charge is -2.31. The Kier molecular flexibility index (Phi) is 6.78. The number of benzene rings is 1. The molecule has 34 heavy (non-hydrogen) atoms. The summed E-state index contributed by atoms with van der Waals surface area (Å²) in [6, 6.07) is 6.87. The SMILES string of the molecule is CCOC(=O)C1CCCN(C(=O)Cn2c(=O)c3cnc(-c4ccc(Cl)cc4)nc3n(C)c2=O)C1. The maximum absolute atomic E-state index is 13.1. The number of carbonyl (C=O) groups is 2. The maximum Gasteiger partial charge on any atom is 0.332 e. The van der Waals surface area contributed by atoms with Crippen LogP contribution in [0.4, 0.5) is 0 Å². The average molecular weight is 486 g/mol. The number of piperidine rings is 1. The second kappa shape index (κ2) is 9.76. The van der Waals surface area contributed by atoms with E-state index in [9.17, 15) is 19.2 Å². The quantitative estimate of drug-likeness (QED) is 0.504. The molecule has 0 saturated carbocycles. The van der Waals surface area contributed by atoms with E-state index >= 15 is 0 Å². The molecule has 0 radical (unpaired) electrons.